The van der Waals surface area contributed by atoms with Crippen molar-refractivity contribution in [1.82, 2.24) is 14.5 Å². The molecule has 1 heterocycles. The molecule has 168 valence electrons. The molecule has 1 aromatic carbocycles. The van der Waals surface area contributed by atoms with Crippen LogP contribution in [0.4, 0.5) is 0 Å². The van der Waals surface area contributed by atoms with E-state index in [0.717, 1.165) is 16.7 Å². The van der Waals surface area contributed by atoms with Gasteiger partial charge in [-0.3, -0.25) is 9.59 Å². The van der Waals surface area contributed by atoms with Gasteiger partial charge in [-0.15, -0.1) is 0 Å². The highest BCUT2D eigenvalue weighted by molar-refractivity contribution is 7.89. The summed E-state index contributed by atoms with van der Waals surface area (Å²) in [6.07, 6.45) is 0.210. The Morgan fingerprint density at radius 1 is 1.07 bits per heavy atom. The maximum Gasteiger partial charge on any atom is 0.243 e. The smallest absolute Gasteiger partial charge is 0.243 e. The van der Waals surface area contributed by atoms with Crippen molar-refractivity contribution in [3.05, 3.63) is 28.8 Å². The minimum absolute atomic E-state index is 0.104. The van der Waals surface area contributed by atoms with E-state index in [0.29, 0.717) is 24.6 Å². The maximum absolute atomic E-state index is 13.1. The summed E-state index contributed by atoms with van der Waals surface area (Å²) in [5.74, 6) is -0.330. The number of hydrogen-bond donors (Lipinski definition) is 1. The number of methoxy groups -OCH3 is 1. The summed E-state index contributed by atoms with van der Waals surface area (Å²) in [7, 11) is -2.05. The normalized spacial score (nSPS) is 16.4. The van der Waals surface area contributed by atoms with Gasteiger partial charge >= 0.3 is 0 Å². The number of piperazine rings is 1. The second kappa shape index (κ2) is 10.4. The van der Waals surface area contributed by atoms with Crippen molar-refractivity contribution in [2.75, 3.05) is 39.9 Å². The summed E-state index contributed by atoms with van der Waals surface area (Å²) >= 11 is 0. The molecule has 8 nitrogen and oxygen atoms in total. The summed E-state index contributed by atoms with van der Waals surface area (Å²) in [4.78, 5) is 26.3. The van der Waals surface area contributed by atoms with Gasteiger partial charge in [0.05, 0.1) is 11.5 Å². The molecule has 0 aliphatic carbocycles. The highest BCUT2D eigenvalue weighted by Crippen LogP contribution is 2.26. The first kappa shape index (κ1) is 24.3. The third kappa shape index (κ3) is 6.02. The van der Waals surface area contributed by atoms with Crippen LogP contribution < -0.4 is 5.32 Å². The largest absolute Gasteiger partial charge is 0.383 e. The van der Waals surface area contributed by atoms with E-state index in [1.165, 1.54) is 4.31 Å². The molecule has 1 saturated heterocycles. The van der Waals surface area contributed by atoms with Gasteiger partial charge in [0.15, 0.2) is 0 Å². The Hall–Kier alpha value is -1.97. The van der Waals surface area contributed by atoms with Gasteiger partial charge in [-0.25, -0.2) is 8.42 Å². The zero-order chi connectivity index (χ0) is 22.5. The standard InChI is InChI=1S/C21H33N3O5S/c1-15-12-16(2)21(17(3)13-15)30(27,28)24-10-8-23(9-11-24)20(26)7-6-19(25)22-18(4)14-29-5/h12-13,18H,6-11,14H2,1-5H3,(H,22,25)/t18-/m0/s1. The fraction of sp³-hybridized carbons (Fsp3) is 0.619. The van der Waals surface area contributed by atoms with Crippen molar-refractivity contribution in [2.24, 2.45) is 0 Å². The van der Waals surface area contributed by atoms with Crippen molar-refractivity contribution < 1.29 is 22.7 Å². The predicted octanol–water partition coefficient (Wildman–Crippen LogP) is 1.38. The molecule has 0 bridgehead atoms. The average Bonchev–Trinajstić information content (AvgIpc) is 2.65. The van der Waals surface area contributed by atoms with E-state index in [9.17, 15) is 18.0 Å². The van der Waals surface area contributed by atoms with Crippen molar-refractivity contribution in [3.8, 4) is 0 Å². The molecule has 1 aliphatic heterocycles. The number of rotatable bonds is 8. The Kier molecular flexibility index (Phi) is 8.40. The number of sulfonamides is 1. The number of nitrogens with one attached hydrogen (secondary N) is 1. The van der Waals surface area contributed by atoms with Crippen LogP contribution in [0.3, 0.4) is 0 Å². The Balaban J connectivity index is 1.91. The highest BCUT2D eigenvalue weighted by Gasteiger charge is 2.32. The van der Waals surface area contributed by atoms with E-state index < -0.39 is 10.0 Å². The molecular formula is C21H33N3O5S. The number of benzene rings is 1. The van der Waals surface area contributed by atoms with Gasteiger partial charge in [-0.05, 0) is 38.8 Å². The number of carbonyl (C=O) groups is 2. The van der Waals surface area contributed by atoms with E-state index >= 15 is 0 Å². The first-order valence-corrected chi connectivity index (χ1v) is 11.6. The van der Waals surface area contributed by atoms with Crippen LogP contribution >= 0.6 is 0 Å². The number of nitrogens with zero attached hydrogens (tertiary/aromatic N) is 2. The minimum atomic E-state index is -3.61. The van der Waals surface area contributed by atoms with Crippen LogP contribution in [0.2, 0.25) is 0 Å². The minimum Gasteiger partial charge on any atom is -0.383 e. The molecule has 1 aliphatic rings. The van der Waals surface area contributed by atoms with Gasteiger partial charge in [0.1, 0.15) is 0 Å². The fourth-order valence-corrected chi connectivity index (χ4v) is 5.73. The first-order valence-electron chi connectivity index (χ1n) is 10.2. The molecule has 1 fully saturated rings. The molecule has 0 saturated carbocycles. The van der Waals surface area contributed by atoms with Gasteiger partial charge < -0.3 is 15.0 Å². The molecule has 2 rings (SSSR count). The van der Waals surface area contributed by atoms with Crippen LogP contribution in [0.25, 0.3) is 0 Å². The maximum atomic E-state index is 13.1. The van der Waals surface area contributed by atoms with E-state index in [1.54, 1.807) is 12.0 Å². The molecule has 0 radical (unpaired) electrons. The molecule has 0 unspecified atom stereocenters. The molecule has 1 N–H and O–H groups in total. The van der Waals surface area contributed by atoms with Gasteiger partial charge in [-0.1, -0.05) is 17.7 Å². The number of amides is 2. The zero-order valence-electron chi connectivity index (χ0n) is 18.5. The lowest BCUT2D eigenvalue weighted by Gasteiger charge is -2.34. The third-order valence-electron chi connectivity index (χ3n) is 5.18. The van der Waals surface area contributed by atoms with E-state index in [2.05, 4.69) is 5.32 Å². The molecule has 0 aromatic heterocycles. The van der Waals surface area contributed by atoms with Crippen molar-refractivity contribution in [3.63, 3.8) is 0 Å². The lowest BCUT2D eigenvalue weighted by molar-refractivity contribution is -0.134. The Bertz CT molecular complexity index is 854. The number of hydrogen-bond acceptors (Lipinski definition) is 5. The van der Waals surface area contributed by atoms with E-state index in [-0.39, 0.29) is 43.8 Å². The number of aryl methyl sites for hydroxylation is 3. The van der Waals surface area contributed by atoms with Gasteiger partial charge in [0, 0.05) is 52.2 Å². The quantitative estimate of drug-likeness (QED) is 0.660. The average molecular weight is 440 g/mol. The van der Waals surface area contributed by atoms with Crippen LogP contribution in [0, 0.1) is 20.8 Å². The molecule has 9 heteroatoms. The van der Waals surface area contributed by atoms with E-state index in [1.807, 2.05) is 39.8 Å². The van der Waals surface area contributed by atoms with Crippen molar-refractivity contribution in [2.45, 2.75) is 51.5 Å². The Morgan fingerprint density at radius 2 is 1.63 bits per heavy atom. The summed E-state index contributed by atoms with van der Waals surface area (Å²) < 4.78 is 32.7. The Labute approximate surface area is 179 Å². The SMILES string of the molecule is COC[C@H](C)NC(=O)CCC(=O)N1CCN(S(=O)(=O)c2c(C)cc(C)cc2C)CC1. The summed E-state index contributed by atoms with van der Waals surface area (Å²) in [5, 5.41) is 2.78. The van der Waals surface area contributed by atoms with Crippen LogP contribution in [0.1, 0.15) is 36.5 Å². The second-order valence-corrected chi connectivity index (χ2v) is 9.81. The summed E-state index contributed by atoms with van der Waals surface area (Å²) in [5.41, 5.74) is 2.50. The molecule has 1 atom stereocenters. The predicted molar refractivity (Wildman–Crippen MR) is 115 cm³/mol. The van der Waals surface area contributed by atoms with Crippen LogP contribution in [0.5, 0.6) is 0 Å². The second-order valence-electron chi connectivity index (χ2n) is 7.94. The van der Waals surface area contributed by atoms with Crippen molar-refractivity contribution >= 4 is 21.8 Å². The van der Waals surface area contributed by atoms with Crippen LogP contribution in [0.15, 0.2) is 17.0 Å². The van der Waals surface area contributed by atoms with Crippen LogP contribution in [-0.4, -0.2) is 75.4 Å². The van der Waals surface area contributed by atoms with Crippen molar-refractivity contribution in [1.29, 1.82) is 0 Å². The zero-order valence-corrected chi connectivity index (χ0v) is 19.3. The number of carbonyl (C=O) groups excluding carboxylic acids is 2. The molecule has 2 amide bonds. The molecule has 30 heavy (non-hydrogen) atoms. The lowest BCUT2D eigenvalue weighted by Crippen LogP contribution is -2.50. The highest BCUT2D eigenvalue weighted by atomic mass is 32.2. The van der Waals surface area contributed by atoms with Gasteiger partial charge in [-0.2, -0.15) is 4.31 Å². The summed E-state index contributed by atoms with van der Waals surface area (Å²) in [6, 6.07) is 3.64. The topological polar surface area (TPSA) is 96.0 Å². The first-order chi connectivity index (χ1) is 14.1. The Morgan fingerprint density at radius 3 is 2.17 bits per heavy atom. The van der Waals surface area contributed by atoms with E-state index in [4.69, 9.17) is 4.74 Å². The third-order valence-corrected chi connectivity index (χ3v) is 7.39. The number of ether oxygens (including phenoxy) is 1. The summed E-state index contributed by atoms with van der Waals surface area (Å²) in [6.45, 7) is 8.95. The molecule has 1 aromatic rings. The monoisotopic (exact) mass is 439 g/mol. The molecular weight excluding hydrogens is 406 g/mol. The fourth-order valence-electron chi connectivity index (χ4n) is 3.90. The molecule has 0 spiro atoms. The van der Waals surface area contributed by atoms with Gasteiger partial charge in [0.25, 0.3) is 0 Å². The lowest BCUT2D eigenvalue weighted by atomic mass is 10.1. The van der Waals surface area contributed by atoms with Gasteiger partial charge in [0.2, 0.25) is 21.8 Å². The van der Waals surface area contributed by atoms with Crippen LogP contribution in [-0.2, 0) is 24.3 Å².